The molecule has 39 heavy (non-hydrogen) atoms. The molecular formula is C28H31F2N5O4. The fraction of sp³-hybridized carbons (Fsp3) is 0.429. The highest BCUT2D eigenvalue weighted by Gasteiger charge is 2.31. The van der Waals surface area contributed by atoms with Crippen LogP contribution in [0.5, 0.6) is 0 Å². The van der Waals surface area contributed by atoms with Crippen LogP contribution in [0.3, 0.4) is 0 Å². The van der Waals surface area contributed by atoms with Gasteiger partial charge in [-0.1, -0.05) is 6.92 Å². The summed E-state index contributed by atoms with van der Waals surface area (Å²) in [5.74, 6) is -2.84. The normalized spacial score (nSPS) is 18.2. The van der Waals surface area contributed by atoms with Gasteiger partial charge >= 0.3 is 0 Å². The standard InChI is InChI=1S/C28H31F2N5O4/c1-3-28(29,30)25-13-19(4-5-31-25)27(36)33-21-15-22(18(2)32-16-21)20-12-23(24-17-38-10-11-39-24)34-26(14-20)35-6-8-37-9-7-35/h4-5,12-16,24H,3,6-11,17H2,1-2H3,(H,33,36). The fourth-order valence-electron chi connectivity index (χ4n) is 4.52. The SMILES string of the molecule is CCC(F)(F)c1cc(C(=O)Nc2cnc(C)c(-c3cc(C4COCCO4)nc(N4CCOCC4)c3)c2)ccn1. The van der Waals surface area contributed by atoms with Gasteiger partial charge in [0.1, 0.15) is 17.6 Å². The Morgan fingerprint density at radius 3 is 2.67 bits per heavy atom. The first-order chi connectivity index (χ1) is 18.8. The van der Waals surface area contributed by atoms with Crippen molar-refractivity contribution in [1.82, 2.24) is 15.0 Å². The number of ether oxygens (including phenoxy) is 3. The molecule has 1 unspecified atom stereocenters. The smallest absolute Gasteiger partial charge is 0.289 e. The lowest BCUT2D eigenvalue weighted by Crippen LogP contribution is -2.37. The van der Waals surface area contributed by atoms with Crippen LogP contribution in [0.4, 0.5) is 20.3 Å². The Morgan fingerprint density at radius 1 is 1.10 bits per heavy atom. The molecule has 1 amide bonds. The van der Waals surface area contributed by atoms with Gasteiger partial charge in [0.15, 0.2) is 0 Å². The number of anilines is 2. The van der Waals surface area contributed by atoms with Gasteiger partial charge < -0.3 is 24.4 Å². The summed E-state index contributed by atoms with van der Waals surface area (Å²) in [6.07, 6.45) is 2.06. The number of hydrogen-bond donors (Lipinski definition) is 1. The Bertz CT molecular complexity index is 1290. The molecule has 5 rings (SSSR count). The van der Waals surface area contributed by atoms with E-state index in [1.54, 1.807) is 6.20 Å². The first kappa shape index (κ1) is 27.0. The zero-order chi connectivity index (χ0) is 27.4. The van der Waals surface area contributed by atoms with Crippen LogP contribution in [-0.4, -0.2) is 67.0 Å². The number of alkyl halides is 2. The quantitative estimate of drug-likeness (QED) is 0.468. The van der Waals surface area contributed by atoms with Crippen LogP contribution in [0.2, 0.25) is 0 Å². The molecule has 0 saturated carbocycles. The number of aromatic nitrogens is 3. The van der Waals surface area contributed by atoms with E-state index in [0.717, 1.165) is 47.5 Å². The summed E-state index contributed by atoms with van der Waals surface area (Å²) in [5.41, 5.74) is 3.27. The molecule has 2 fully saturated rings. The molecule has 0 bridgehead atoms. The molecule has 2 aliphatic heterocycles. The van der Waals surface area contributed by atoms with E-state index in [1.165, 1.54) is 19.2 Å². The molecule has 0 aliphatic carbocycles. The maximum atomic E-state index is 14.1. The van der Waals surface area contributed by atoms with Crippen molar-refractivity contribution < 1.29 is 27.8 Å². The monoisotopic (exact) mass is 539 g/mol. The molecule has 0 spiro atoms. The highest BCUT2D eigenvalue weighted by molar-refractivity contribution is 6.04. The van der Waals surface area contributed by atoms with E-state index in [0.29, 0.717) is 38.7 Å². The molecule has 3 aromatic heterocycles. The second-order valence-corrected chi connectivity index (χ2v) is 9.47. The molecule has 206 valence electrons. The lowest BCUT2D eigenvalue weighted by molar-refractivity contribution is -0.0917. The Hall–Kier alpha value is -3.54. The molecule has 2 saturated heterocycles. The number of nitrogens with one attached hydrogen (secondary N) is 1. The van der Waals surface area contributed by atoms with Crippen molar-refractivity contribution in [2.24, 2.45) is 0 Å². The summed E-state index contributed by atoms with van der Waals surface area (Å²) in [4.78, 5) is 28.3. The topological polar surface area (TPSA) is 98.7 Å². The van der Waals surface area contributed by atoms with E-state index in [4.69, 9.17) is 19.2 Å². The third-order valence-electron chi connectivity index (χ3n) is 6.81. The molecule has 11 heteroatoms. The number of amides is 1. The van der Waals surface area contributed by atoms with Crippen LogP contribution in [-0.2, 0) is 20.1 Å². The molecule has 0 aromatic carbocycles. The van der Waals surface area contributed by atoms with Gasteiger partial charge in [0, 0.05) is 42.5 Å². The molecule has 1 N–H and O–H groups in total. The lowest BCUT2D eigenvalue weighted by Gasteiger charge is -2.30. The Morgan fingerprint density at radius 2 is 1.92 bits per heavy atom. The van der Waals surface area contributed by atoms with Crippen molar-refractivity contribution in [3.8, 4) is 11.1 Å². The number of carbonyl (C=O) groups excluding carboxylic acids is 1. The maximum absolute atomic E-state index is 14.1. The highest BCUT2D eigenvalue weighted by Crippen LogP contribution is 2.33. The minimum atomic E-state index is -3.11. The fourth-order valence-corrected chi connectivity index (χ4v) is 4.52. The second kappa shape index (κ2) is 11.7. The number of morpholine rings is 1. The van der Waals surface area contributed by atoms with Crippen molar-refractivity contribution in [3.05, 3.63) is 65.4 Å². The van der Waals surface area contributed by atoms with Gasteiger partial charge in [0.2, 0.25) is 0 Å². The third kappa shape index (κ3) is 6.21. The van der Waals surface area contributed by atoms with Crippen molar-refractivity contribution in [3.63, 3.8) is 0 Å². The molecule has 0 radical (unpaired) electrons. The van der Waals surface area contributed by atoms with E-state index in [2.05, 4.69) is 20.2 Å². The number of halogens is 2. The predicted octanol–water partition coefficient (Wildman–Crippen LogP) is 4.53. The van der Waals surface area contributed by atoms with E-state index in [9.17, 15) is 13.6 Å². The van der Waals surface area contributed by atoms with Crippen LogP contribution in [0.25, 0.3) is 11.1 Å². The Kier molecular flexibility index (Phi) is 8.10. The van der Waals surface area contributed by atoms with Gasteiger partial charge in [-0.15, -0.1) is 0 Å². The zero-order valence-corrected chi connectivity index (χ0v) is 22.0. The lowest BCUT2D eigenvalue weighted by atomic mass is 10.0. The van der Waals surface area contributed by atoms with Gasteiger partial charge in [0.05, 0.1) is 50.6 Å². The Balaban J connectivity index is 1.46. The van der Waals surface area contributed by atoms with Crippen molar-refractivity contribution in [2.45, 2.75) is 32.3 Å². The van der Waals surface area contributed by atoms with E-state index in [-0.39, 0.29) is 11.7 Å². The van der Waals surface area contributed by atoms with Gasteiger partial charge in [-0.05, 0) is 42.8 Å². The second-order valence-electron chi connectivity index (χ2n) is 9.47. The maximum Gasteiger partial charge on any atom is 0.289 e. The number of nitrogens with zero attached hydrogens (tertiary/aromatic N) is 4. The minimum Gasteiger partial charge on any atom is -0.378 e. The summed E-state index contributed by atoms with van der Waals surface area (Å²) in [5, 5.41) is 2.79. The summed E-state index contributed by atoms with van der Waals surface area (Å²) in [6, 6.07) is 8.31. The zero-order valence-electron chi connectivity index (χ0n) is 22.0. The van der Waals surface area contributed by atoms with Gasteiger partial charge in [-0.3, -0.25) is 14.8 Å². The number of carbonyl (C=O) groups is 1. The largest absolute Gasteiger partial charge is 0.378 e. The molecule has 3 aromatic rings. The van der Waals surface area contributed by atoms with Crippen LogP contribution in [0.15, 0.2) is 42.7 Å². The van der Waals surface area contributed by atoms with E-state index in [1.807, 2.05) is 25.1 Å². The van der Waals surface area contributed by atoms with Crippen LogP contribution >= 0.6 is 0 Å². The molecule has 1 atom stereocenters. The van der Waals surface area contributed by atoms with E-state index >= 15 is 0 Å². The minimum absolute atomic E-state index is 0.0884. The predicted molar refractivity (Wildman–Crippen MR) is 141 cm³/mol. The average molecular weight is 540 g/mol. The molecule has 2 aliphatic rings. The summed E-state index contributed by atoms with van der Waals surface area (Å²) in [6.45, 7) is 7.39. The van der Waals surface area contributed by atoms with E-state index < -0.39 is 23.9 Å². The van der Waals surface area contributed by atoms with Gasteiger partial charge in [-0.2, -0.15) is 8.78 Å². The number of rotatable bonds is 7. The van der Waals surface area contributed by atoms with Crippen molar-refractivity contribution in [2.75, 3.05) is 56.3 Å². The van der Waals surface area contributed by atoms with Crippen LogP contribution in [0.1, 0.15) is 46.9 Å². The van der Waals surface area contributed by atoms with Crippen LogP contribution in [0, 0.1) is 6.92 Å². The molecular weight excluding hydrogens is 508 g/mol. The van der Waals surface area contributed by atoms with Gasteiger partial charge in [0.25, 0.3) is 11.8 Å². The molecule has 9 nitrogen and oxygen atoms in total. The average Bonchev–Trinajstić information content (AvgIpc) is 2.99. The number of hydrogen-bond acceptors (Lipinski definition) is 8. The summed E-state index contributed by atoms with van der Waals surface area (Å²) < 4.78 is 45.3. The van der Waals surface area contributed by atoms with Crippen molar-refractivity contribution >= 4 is 17.4 Å². The Labute approximate surface area is 225 Å². The van der Waals surface area contributed by atoms with Crippen molar-refractivity contribution in [1.29, 1.82) is 0 Å². The summed E-state index contributed by atoms with van der Waals surface area (Å²) in [7, 11) is 0. The van der Waals surface area contributed by atoms with Gasteiger partial charge in [-0.25, -0.2) is 4.98 Å². The first-order valence-corrected chi connectivity index (χ1v) is 13.0. The third-order valence-corrected chi connectivity index (χ3v) is 6.81. The molecule has 5 heterocycles. The highest BCUT2D eigenvalue weighted by atomic mass is 19.3. The summed E-state index contributed by atoms with van der Waals surface area (Å²) >= 11 is 0. The number of aryl methyl sites for hydroxylation is 1. The number of pyridine rings is 3. The first-order valence-electron chi connectivity index (χ1n) is 13.0. The van der Waals surface area contributed by atoms with Crippen LogP contribution < -0.4 is 10.2 Å².